The summed E-state index contributed by atoms with van der Waals surface area (Å²) in [4.78, 5) is 8.26. The molecule has 0 spiro atoms. The van der Waals surface area contributed by atoms with Crippen LogP contribution in [-0.2, 0) is 16.6 Å². The van der Waals surface area contributed by atoms with E-state index >= 15 is 0 Å². The van der Waals surface area contributed by atoms with E-state index in [2.05, 4.69) is 13.9 Å². The molecule has 0 saturated heterocycles. The van der Waals surface area contributed by atoms with Crippen molar-refractivity contribution in [1.29, 1.82) is 0 Å². The molecule has 0 amide bonds. The van der Waals surface area contributed by atoms with E-state index in [9.17, 15) is 8.42 Å². The molecule has 0 unspecified atom stereocenters. The topological polar surface area (TPSA) is 112 Å². The Morgan fingerprint density at radius 2 is 2.13 bits per heavy atom. The van der Waals surface area contributed by atoms with E-state index < -0.39 is 10.2 Å². The zero-order chi connectivity index (χ0) is 22.2. The van der Waals surface area contributed by atoms with Crippen molar-refractivity contribution in [2.45, 2.75) is 38.8 Å². The number of hydrogen-bond acceptors (Lipinski definition) is 6. The standard InChI is InChI=1S/C21H21N5O3S2/c1-12(2)29-19-10-7-13(11-18(19)23-3)20-24-21(30-25-20)16-6-4-5-15-14(16)8-9-17(15)26-31(22,27)28/h4-7,10-12,17,26H,8-9H2,1-2H3,(H2,22,27,28)/t17-/m0/s1. The number of benzene rings is 2. The summed E-state index contributed by atoms with van der Waals surface area (Å²) in [6.45, 7) is 11.3. The van der Waals surface area contributed by atoms with E-state index in [0.29, 0.717) is 23.7 Å². The first-order valence-electron chi connectivity index (χ1n) is 9.69. The number of hydrogen-bond donors (Lipinski definition) is 2. The Bertz CT molecular complexity index is 1280. The third-order valence-corrected chi connectivity index (χ3v) is 6.30. The SMILES string of the molecule is [C-]#[N+]c1cc(-c2nsc(-c3cccc4c3CC[C@@H]4NS(N)(=O)=O)n2)ccc1OC(C)C. The highest BCUT2D eigenvalue weighted by Crippen LogP contribution is 2.39. The van der Waals surface area contributed by atoms with Crippen LogP contribution in [0.25, 0.3) is 26.8 Å². The molecule has 0 aliphatic heterocycles. The van der Waals surface area contributed by atoms with Crippen molar-refractivity contribution in [1.82, 2.24) is 14.1 Å². The van der Waals surface area contributed by atoms with Crippen molar-refractivity contribution < 1.29 is 13.2 Å². The molecule has 3 aromatic rings. The van der Waals surface area contributed by atoms with Gasteiger partial charge < -0.3 is 4.74 Å². The van der Waals surface area contributed by atoms with Gasteiger partial charge in [-0.25, -0.2) is 15.0 Å². The molecule has 10 heteroatoms. The highest BCUT2D eigenvalue weighted by molar-refractivity contribution is 7.87. The van der Waals surface area contributed by atoms with Crippen LogP contribution in [0.4, 0.5) is 5.69 Å². The number of ether oxygens (including phenoxy) is 1. The molecule has 0 saturated carbocycles. The number of aromatic nitrogens is 2. The van der Waals surface area contributed by atoms with Crippen LogP contribution in [0.2, 0.25) is 0 Å². The Balaban J connectivity index is 1.66. The second-order valence-corrected chi connectivity index (χ2v) is 9.59. The summed E-state index contributed by atoms with van der Waals surface area (Å²) >= 11 is 1.27. The van der Waals surface area contributed by atoms with E-state index in [1.807, 2.05) is 38.1 Å². The molecular formula is C21H21N5O3S2. The van der Waals surface area contributed by atoms with Crippen LogP contribution in [-0.4, -0.2) is 23.9 Å². The Morgan fingerprint density at radius 3 is 2.84 bits per heavy atom. The molecule has 1 aliphatic carbocycles. The van der Waals surface area contributed by atoms with Gasteiger partial charge in [0.05, 0.1) is 12.7 Å². The molecule has 4 rings (SSSR count). The van der Waals surface area contributed by atoms with Crippen LogP contribution in [0.3, 0.4) is 0 Å². The molecule has 3 N–H and O–H groups in total. The van der Waals surface area contributed by atoms with Crippen LogP contribution in [0.5, 0.6) is 5.75 Å². The van der Waals surface area contributed by atoms with Crippen LogP contribution < -0.4 is 14.6 Å². The number of fused-ring (bicyclic) bond motifs is 1. The molecule has 0 bridgehead atoms. The second-order valence-electron chi connectivity index (χ2n) is 7.51. The molecule has 2 aromatic carbocycles. The van der Waals surface area contributed by atoms with Crippen molar-refractivity contribution in [2.24, 2.45) is 5.14 Å². The lowest BCUT2D eigenvalue weighted by atomic mass is 10.0. The summed E-state index contributed by atoms with van der Waals surface area (Å²) in [5.41, 5.74) is 4.05. The Labute approximate surface area is 185 Å². The van der Waals surface area contributed by atoms with E-state index in [1.54, 1.807) is 12.1 Å². The van der Waals surface area contributed by atoms with E-state index in [-0.39, 0.29) is 12.1 Å². The van der Waals surface area contributed by atoms with Gasteiger partial charge in [0, 0.05) is 17.2 Å². The van der Waals surface area contributed by atoms with Gasteiger partial charge in [0.1, 0.15) is 10.8 Å². The molecule has 1 atom stereocenters. The van der Waals surface area contributed by atoms with Crippen LogP contribution >= 0.6 is 11.5 Å². The minimum Gasteiger partial charge on any atom is -0.502 e. The molecule has 1 heterocycles. The normalized spacial score (nSPS) is 15.6. The van der Waals surface area contributed by atoms with Crippen molar-refractivity contribution in [3.05, 3.63) is 58.9 Å². The quantitative estimate of drug-likeness (QED) is 0.546. The summed E-state index contributed by atoms with van der Waals surface area (Å²) in [6, 6.07) is 10.8. The fraction of sp³-hybridized carbons (Fsp3) is 0.286. The van der Waals surface area contributed by atoms with E-state index in [0.717, 1.165) is 33.7 Å². The van der Waals surface area contributed by atoms with Gasteiger partial charge in [-0.2, -0.15) is 17.5 Å². The van der Waals surface area contributed by atoms with Gasteiger partial charge >= 0.3 is 0 Å². The van der Waals surface area contributed by atoms with Gasteiger partial charge in [-0.05, 0) is 61.5 Å². The fourth-order valence-corrected chi connectivity index (χ4v) is 5.10. The number of nitrogens with one attached hydrogen (secondary N) is 1. The van der Waals surface area contributed by atoms with Crippen LogP contribution in [0.1, 0.15) is 37.4 Å². The van der Waals surface area contributed by atoms with Gasteiger partial charge in [0.15, 0.2) is 5.82 Å². The molecule has 8 nitrogen and oxygen atoms in total. The van der Waals surface area contributed by atoms with Gasteiger partial charge in [-0.1, -0.05) is 24.3 Å². The third kappa shape index (κ3) is 4.60. The predicted octanol–water partition coefficient (Wildman–Crippen LogP) is 3.99. The van der Waals surface area contributed by atoms with Crippen molar-refractivity contribution in [3.8, 4) is 27.7 Å². The van der Waals surface area contributed by atoms with Gasteiger partial charge in [-0.3, -0.25) is 0 Å². The predicted molar refractivity (Wildman–Crippen MR) is 120 cm³/mol. The van der Waals surface area contributed by atoms with E-state index in [4.69, 9.17) is 21.4 Å². The average molecular weight is 456 g/mol. The summed E-state index contributed by atoms with van der Waals surface area (Å²) < 4.78 is 35.6. The summed E-state index contributed by atoms with van der Waals surface area (Å²) in [7, 11) is -3.79. The second kappa shape index (κ2) is 8.36. The first-order valence-corrected chi connectivity index (χ1v) is 12.0. The third-order valence-electron chi connectivity index (χ3n) is 4.93. The average Bonchev–Trinajstić information content (AvgIpc) is 3.34. The smallest absolute Gasteiger partial charge is 0.274 e. The first kappa shape index (κ1) is 21.4. The van der Waals surface area contributed by atoms with Gasteiger partial charge in [0.2, 0.25) is 5.69 Å². The Morgan fingerprint density at radius 1 is 1.32 bits per heavy atom. The Hall–Kier alpha value is -2.84. The Kier molecular flexibility index (Phi) is 5.77. The van der Waals surface area contributed by atoms with Crippen molar-refractivity contribution in [2.75, 3.05) is 0 Å². The lowest BCUT2D eigenvalue weighted by Crippen LogP contribution is -2.33. The summed E-state index contributed by atoms with van der Waals surface area (Å²) in [5.74, 6) is 1.08. The van der Waals surface area contributed by atoms with Crippen LogP contribution in [0.15, 0.2) is 36.4 Å². The molecule has 1 aromatic heterocycles. The zero-order valence-electron chi connectivity index (χ0n) is 17.0. The fourth-order valence-electron chi connectivity index (χ4n) is 3.72. The first-order chi connectivity index (χ1) is 14.7. The zero-order valence-corrected chi connectivity index (χ0v) is 18.6. The maximum absolute atomic E-state index is 11.5. The minimum absolute atomic E-state index is 0.0249. The largest absolute Gasteiger partial charge is 0.502 e. The highest BCUT2D eigenvalue weighted by Gasteiger charge is 2.28. The lowest BCUT2D eigenvalue weighted by Gasteiger charge is -2.12. The summed E-state index contributed by atoms with van der Waals surface area (Å²) in [5, 5.41) is 5.91. The molecule has 160 valence electrons. The molecule has 1 aliphatic rings. The van der Waals surface area contributed by atoms with Crippen LogP contribution in [0, 0.1) is 6.57 Å². The van der Waals surface area contributed by atoms with Crippen molar-refractivity contribution >= 4 is 27.4 Å². The highest BCUT2D eigenvalue weighted by atomic mass is 32.2. The van der Waals surface area contributed by atoms with Gasteiger partial charge in [0.25, 0.3) is 10.2 Å². The molecule has 0 radical (unpaired) electrons. The molecule has 0 fully saturated rings. The lowest BCUT2D eigenvalue weighted by molar-refractivity contribution is 0.244. The number of nitrogens with two attached hydrogens (primary N) is 1. The summed E-state index contributed by atoms with van der Waals surface area (Å²) in [6.07, 6.45) is 1.33. The number of nitrogens with zero attached hydrogens (tertiary/aromatic N) is 3. The maximum atomic E-state index is 11.5. The van der Waals surface area contributed by atoms with E-state index in [1.165, 1.54) is 11.5 Å². The monoisotopic (exact) mass is 455 g/mol. The minimum atomic E-state index is -3.79. The molecule has 31 heavy (non-hydrogen) atoms. The van der Waals surface area contributed by atoms with Crippen molar-refractivity contribution in [3.63, 3.8) is 0 Å². The molecular weight excluding hydrogens is 434 g/mol. The number of rotatable bonds is 6. The van der Waals surface area contributed by atoms with Gasteiger partial charge in [-0.15, -0.1) is 0 Å². The maximum Gasteiger partial charge on any atom is 0.274 e.